The summed E-state index contributed by atoms with van der Waals surface area (Å²) in [6.45, 7) is -0.0482. The minimum Gasteiger partial charge on any atom is -0.495 e. The Kier molecular flexibility index (Phi) is 6.80. The van der Waals surface area contributed by atoms with E-state index in [1.165, 1.54) is 20.2 Å². The summed E-state index contributed by atoms with van der Waals surface area (Å²) in [7, 11) is -4.61. The first-order valence-electron chi connectivity index (χ1n) is 7.50. The lowest BCUT2D eigenvalue weighted by atomic mass is 10.1. The van der Waals surface area contributed by atoms with Crippen LogP contribution in [0.4, 0.5) is 0 Å². The Morgan fingerprint density at radius 1 is 1.04 bits per heavy atom. The molecule has 2 aromatic rings. The van der Waals surface area contributed by atoms with Gasteiger partial charge in [-0.1, -0.05) is 40.2 Å². The minimum atomic E-state index is -3.86. The lowest BCUT2D eigenvalue weighted by molar-refractivity contribution is 0.402. The van der Waals surface area contributed by atoms with Crippen molar-refractivity contribution in [2.75, 3.05) is 14.2 Å². The summed E-state index contributed by atoms with van der Waals surface area (Å²) in [5.41, 5.74) is 1.09. The van der Waals surface area contributed by atoms with E-state index in [1.54, 1.807) is 36.4 Å². The van der Waals surface area contributed by atoms with Crippen molar-refractivity contribution in [3.05, 3.63) is 58.1 Å². The van der Waals surface area contributed by atoms with Gasteiger partial charge >= 0.3 is 0 Å². The van der Waals surface area contributed by atoms with E-state index >= 15 is 0 Å². The lowest BCUT2D eigenvalue weighted by Crippen LogP contribution is -2.25. The molecule has 0 radical (unpaired) electrons. The minimum absolute atomic E-state index is 0.00491. The second-order valence-corrected chi connectivity index (χ2v) is 9.93. The Morgan fingerprint density at radius 3 is 2.31 bits per heavy atom. The van der Waals surface area contributed by atoms with Crippen molar-refractivity contribution in [3.8, 4) is 5.75 Å². The molecule has 2 rings (SSSR count). The zero-order valence-corrected chi connectivity index (χ0v) is 17.4. The molecular formula is C16H19BrN2O5S2. The SMILES string of the molecule is CNS(=O)(=O)Cc1ccccc1CNS(=O)(=O)c1cc(Br)ccc1OC. The van der Waals surface area contributed by atoms with Gasteiger partial charge in [-0.3, -0.25) is 0 Å². The summed E-state index contributed by atoms with van der Waals surface area (Å²) in [6, 6.07) is 11.4. The number of nitrogens with one attached hydrogen (secondary N) is 2. The Morgan fingerprint density at radius 2 is 1.69 bits per heavy atom. The van der Waals surface area contributed by atoms with E-state index in [0.29, 0.717) is 15.6 Å². The molecule has 0 atom stereocenters. The van der Waals surface area contributed by atoms with Crippen LogP contribution in [-0.2, 0) is 32.3 Å². The van der Waals surface area contributed by atoms with Gasteiger partial charge in [-0.15, -0.1) is 0 Å². The zero-order valence-electron chi connectivity index (χ0n) is 14.2. The van der Waals surface area contributed by atoms with Gasteiger partial charge in [0, 0.05) is 11.0 Å². The number of sulfonamides is 2. The van der Waals surface area contributed by atoms with Gasteiger partial charge in [0.05, 0.1) is 12.9 Å². The highest BCUT2D eigenvalue weighted by atomic mass is 79.9. The molecule has 0 fully saturated rings. The first-order valence-corrected chi connectivity index (χ1v) is 11.4. The van der Waals surface area contributed by atoms with Crippen molar-refractivity contribution in [1.29, 1.82) is 0 Å². The molecule has 142 valence electrons. The smallest absolute Gasteiger partial charge is 0.244 e. The van der Waals surface area contributed by atoms with Crippen molar-refractivity contribution in [2.45, 2.75) is 17.2 Å². The van der Waals surface area contributed by atoms with Gasteiger partial charge in [0.15, 0.2) is 0 Å². The largest absolute Gasteiger partial charge is 0.495 e. The van der Waals surface area contributed by atoms with Crippen LogP contribution in [-0.4, -0.2) is 31.0 Å². The van der Waals surface area contributed by atoms with Crippen molar-refractivity contribution in [1.82, 2.24) is 9.44 Å². The monoisotopic (exact) mass is 462 g/mol. The average molecular weight is 463 g/mol. The summed E-state index contributed by atoms with van der Waals surface area (Å²) in [4.78, 5) is -0.00491. The van der Waals surface area contributed by atoms with Crippen LogP contribution in [0.5, 0.6) is 5.75 Å². The van der Waals surface area contributed by atoms with Gasteiger partial charge < -0.3 is 4.74 Å². The fraction of sp³-hybridized carbons (Fsp3) is 0.250. The molecule has 0 aliphatic heterocycles. The highest BCUT2D eigenvalue weighted by Gasteiger charge is 2.20. The zero-order chi connectivity index (χ0) is 19.4. The number of methoxy groups -OCH3 is 1. The third kappa shape index (κ3) is 5.27. The number of hydrogen-bond acceptors (Lipinski definition) is 5. The van der Waals surface area contributed by atoms with Crippen LogP contribution in [0.2, 0.25) is 0 Å². The highest BCUT2D eigenvalue weighted by molar-refractivity contribution is 9.10. The standard InChI is InChI=1S/C16H19BrN2O5S2/c1-18-25(20,21)11-13-6-4-3-5-12(13)10-19-26(22,23)16-9-14(17)7-8-15(16)24-2/h3-9,18-19H,10-11H2,1-2H3. The molecule has 0 heterocycles. The summed E-state index contributed by atoms with van der Waals surface area (Å²) in [6.07, 6.45) is 0. The molecule has 0 saturated heterocycles. The number of rotatable bonds is 8. The quantitative estimate of drug-likeness (QED) is 0.624. The van der Waals surface area contributed by atoms with E-state index in [0.717, 1.165) is 0 Å². The third-order valence-electron chi connectivity index (χ3n) is 3.64. The fourth-order valence-corrected chi connectivity index (χ4v) is 4.81. The van der Waals surface area contributed by atoms with Crippen LogP contribution in [0.1, 0.15) is 11.1 Å². The van der Waals surface area contributed by atoms with Crippen LogP contribution in [0, 0.1) is 0 Å². The number of hydrogen-bond donors (Lipinski definition) is 2. The molecular weight excluding hydrogens is 444 g/mol. The van der Waals surface area contributed by atoms with Gasteiger partial charge in [-0.05, 0) is 36.4 Å². The topological polar surface area (TPSA) is 102 Å². The summed E-state index contributed by atoms with van der Waals surface area (Å²) >= 11 is 3.25. The van der Waals surface area contributed by atoms with Gasteiger partial charge in [-0.2, -0.15) is 0 Å². The Hall–Kier alpha value is -1.46. The molecule has 2 N–H and O–H groups in total. The predicted molar refractivity (Wildman–Crippen MR) is 103 cm³/mol. The molecule has 0 spiro atoms. The highest BCUT2D eigenvalue weighted by Crippen LogP contribution is 2.27. The first kappa shape index (κ1) is 20.8. The van der Waals surface area contributed by atoms with Crippen molar-refractivity contribution < 1.29 is 21.6 Å². The molecule has 26 heavy (non-hydrogen) atoms. The molecule has 0 amide bonds. The average Bonchev–Trinajstić information content (AvgIpc) is 2.61. The molecule has 0 aliphatic carbocycles. The van der Waals surface area contributed by atoms with Crippen LogP contribution in [0.15, 0.2) is 51.8 Å². The molecule has 10 heteroatoms. The maximum Gasteiger partial charge on any atom is 0.244 e. The van der Waals surface area contributed by atoms with E-state index in [-0.39, 0.29) is 22.9 Å². The maximum absolute atomic E-state index is 12.6. The van der Waals surface area contributed by atoms with Crippen LogP contribution in [0.25, 0.3) is 0 Å². The Labute approximate surface area is 162 Å². The molecule has 0 aliphatic rings. The maximum atomic E-state index is 12.6. The lowest BCUT2D eigenvalue weighted by Gasteiger charge is -2.13. The van der Waals surface area contributed by atoms with Gasteiger partial charge in [0.2, 0.25) is 20.0 Å². The van der Waals surface area contributed by atoms with E-state index in [4.69, 9.17) is 4.74 Å². The number of halogens is 1. The molecule has 0 saturated carbocycles. The molecule has 7 nitrogen and oxygen atoms in total. The third-order valence-corrected chi connectivity index (χ3v) is 6.87. The number of ether oxygens (including phenoxy) is 1. The Balaban J connectivity index is 2.28. The summed E-state index contributed by atoms with van der Waals surface area (Å²) < 4.78 is 59.3. The molecule has 0 aromatic heterocycles. The fourth-order valence-electron chi connectivity index (χ4n) is 2.26. The van der Waals surface area contributed by atoms with E-state index < -0.39 is 20.0 Å². The summed E-state index contributed by atoms with van der Waals surface area (Å²) in [5, 5.41) is 0. The van der Waals surface area contributed by atoms with Crippen molar-refractivity contribution >= 4 is 36.0 Å². The van der Waals surface area contributed by atoms with Crippen LogP contribution >= 0.6 is 15.9 Å². The van der Waals surface area contributed by atoms with E-state index in [9.17, 15) is 16.8 Å². The van der Waals surface area contributed by atoms with Gasteiger partial charge in [0.1, 0.15) is 10.6 Å². The number of benzene rings is 2. The van der Waals surface area contributed by atoms with Gasteiger partial charge in [-0.25, -0.2) is 26.3 Å². The molecule has 2 aromatic carbocycles. The van der Waals surface area contributed by atoms with Gasteiger partial charge in [0.25, 0.3) is 0 Å². The second-order valence-electron chi connectivity index (χ2n) is 5.35. The van der Waals surface area contributed by atoms with Crippen LogP contribution < -0.4 is 14.2 Å². The van der Waals surface area contributed by atoms with Crippen molar-refractivity contribution in [3.63, 3.8) is 0 Å². The van der Waals surface area contributed by atoms with E-state index in [1.807, 2.05) is 0 Å². The second kappa shape index (κ2) is 8.49. The molecule has 0 unspecified atom stereocenters. The first-order chi connectivity index (χ1) is 12.2. The summed E-state index contributed by atoms with van der Waals surface area (Å²) in [5.74, 6) is -0.0199. The predicted octanol–water partition coefficient (Wildman–Crippen LogP) is 1.99. The Bertz CT molecular complexity index is 991. The van der Waals surface area contributed by atoms with Crippen molar-refractivity contribution in [2.24, 2.45) is 0 Å². The van der Waals surface area contributed by atoms with Crippen LogP contribution in [0.3, 0.4) is 0 Å². The normalized spacial score (nSPS) is 12.1. The van der Waals surface area contributed by atoms with E-state index in [2.05, 4.69) is 25.4 Å². The molecule has 0 bridgehead atoms.